The molecule has 96 valence electrons. The molecule has 2 heterocycles. The third kappa shape index (κ3) is 2.04. The first-order valence-electron chi connectivity index (χ1n) is 6.54. The van der Waals surface area contributed by atoms with Crippen LogP contribution in [0.1, 0.15) is 43.1 Å². The lowest BCUT2D eigenvalue weighted by molar-refractivity contribution is 0.701. The Labute approximate surface area is 117 Å². The van der Waals surface area contributed by atoms with E-state index in [4.69, 9.17) is 0 Å². The van der Waals surface area contributed by atoms with E-state index in [1.165, 1.54) is 39.5 Å². The first kappa shape index (κ1) is 12.4. The third-order valence-electron chi connectivity index (χ3n) is 3.73. The molecular weight excluding hydrogens is 258 g/mol. The van der Waals surface area contributed by atoms with Gasteiger partial charge in [0.15, 0.2) is 0 Å². The van der Waals surface area contributed by atoms with Crippen LogP contribution in [-0.2, 0) is 12.8 Å². The second kappa shape index (κ2) is 4.80. The molecule has 0 radical (unpaired) electrons. The van der Waals surface area contributed by atoms with E-state index in [0.29, 0.717) is 6.04 Å². The molecule has 0 bridgehead atoms. The zero-order chi connectivity index (χ0) is 12.7. The molecule has 0 saturated carbocycles. The molecule has 1 aliphatic carbocycles. The number of rotatable bonds is 3. The van der Waals surface area contributed by atoms with Crippen molar-refractivity contribution in [3.63, 3.8) is 0 Å². The van der Waals surface area contributed by atoms with Gasteiger partial charge in [0.05, 0.1) is 6.04 Å². The summed E-state index contributed by atoms with van der Waals surface area (Å²) in [6, 6.07) is 5.15. The monoisotopic (exact) mass is 277 g/mol. The van der Waals surface area contributed by atoms with Gasteiger partial charge in [0.25, 0.3) is 0 Å². The fourth-order valence-corrected chi connectivity index (χ4v) is 5.23. The largest absolute Gasteiger partial charge is 0.309 e. The molecule has 0 spiro atoms. The van der Waals surface area contributed by atoms with E-state index in [2.05, 4.69) is 38.3 Å². The van der Waals surface area contributed by atoms with Gasteiger partial charge in [-0.25, -0.2) is 0 Å². The van der Waals surface area contributed by atoms with Crippen molar-refractivity contribution in [2.45, 2.75) is 39.2 Å². The maximum absolute atomic E-state index is 3.49. The molecule has 1 unspecified atom stereocenters. The normalized spacial score (nSPS) is 15.9. The molecule has 0 aromatic carbocycles. The lowest BCUT2D eigenvalue weighted by Crippen LogP contribution is -2.16. The zero-order valence-corrected chi connectivity index (χ0v) is 12.8. The highest BCUT2D eigenvalue weighted by atomic mass is 32.1. The van der Waals surface area contributed by atoms with E-state index < -0.39 is 0 Å². The maximum atomic E-state index is 3.49. The molecule has 18 heavy (non-hydrogen) atoms. The summed E-state index contributed by atoms with van der Waals surface area (Å²) in [5.74, 6) is 0. The summed E-state index contributed by atoms with van der Waals surface area (Å²) in [5.41, 5.74) is 3.06. The van der Waals surface area contributed by atoms with Crippen LogP contribution in [0.3, 0.4) is 0 Å². The van der Waals surface area contributed by atoms with Crippen molar-refractivity contribution in [3.8, 4) is 0 Å². The van der Waals surface area contributed by atoms with Gasteiger partial charge in [-0.05, 0) is 63.4 Å². The van der Waals surface area contributed by atoms with Gasteiger partial charge < -0.3 is 5.32 Å². The van der Waals surface area contributed by atoms with Crippen LogP contribution in [0, 0.1) is 13.8 Å². The second-order valence-corrected chi connectivity index (χ2v) is 7.67. The van der Waals surface area contributed by atoms with Crippen molar-refractivity contribution in [3.05, 3.63) is 42.8 Å². The van der Waals surface area contributed by atoms with Crippen molar-refractivity contribution in [1.82, 2.24) is 5.32 Å². The van der Waals surface area contributed by atoms with Gasteiger partial charge in [0.2, 0.25) is 0 Å². The van der Waals surface area contributed by atoms with Crippen molar-refractivity contribution >= 4 is 22.7 Å². The molecule has 3 rings (SSSR count). The highest BCUT2D eigenvalue weighted by molar-refractivity contribution is 7.12. The lowest BCUT2D eigenvalue weighted by Gasteiger charge is -2.14. The molecule has 2 aromatic heterocycles. The molecule has 1 atom stereocenters. The number of hydrogen-bond acceptors (Lipinski definition) is 3. The maximum Gasteiger partial charge on any atom is 0.0679 e. The van der Waals surface area contributed by atoms with Gasteiger partial charge in [-0.1, -0.05) is 0 Å². The Hall–Kier alpha value is -0.640. The molecule has 3 heteroatoms. The minimum atomic E-state index is 0.380. The minimum Gasteiger partial charge on any atom is -0.309 e. The Kier molecular flexibility index (Phi) is 3.31. The average molecular weight is 277 g/mol. The van der Waals surface area contributed by atoms with E-state index in [1.54, 1.807) is 10.4 Å². The summed E-state index contributed by atoms with van der Waals surface area (Å²) in [6.07, 6.45) is 3.92. The van der Waals surface area contributed by atoms with Gasteiger partial charge in [-0.2, -0.15) is 0 Å². The van der Waals surface area contributed by atoms with Crippen molar-refractivity contribution in [2.24, 2.45) is 0 Å². The molecule has 0 aliphatic heterocycles. The smallest absolute Gasteiger partial charge is 0.0679 e. The van der Waals surface area contributed by atoms with Gasteiger partial charge in [0, 0.05) is 19.5 Å². The second-order valence-electron chi connectivity index (χ2n) is 5.04. The summed E-state index contributed by atoms with van der Waals surface area (Å²) in [5, 5.41) is 3.49. The van der Waals surface area contributed by atoms with Crippen LogP contribution in [0.2, 0.25) is 0 Å². The topological polar surface area (TPSA) is 12.0 Å². The Morgan fingerprint density at radius 2 is 2.00 bits per heavy atom. The van der Waals surface area contributed by atoms with Crippen molar-refractivity contribution in [2.75, 3.05) is 7.05 Å². The Balaban J connectivity index is 1.99. The molecular formula is C15H19NS2. The highest BCUT2D eigenvalue weighted by Crippen LogP contribution is 2.38. The summed E-state index contributed by atoms with van der Waals surface area (Å²) >= 11 is 3.91. The zero-order valence-electron chi connectivity index (χ0n) is 11.2. The first-order valence-corrected chi connectivity index (χ1v) is 8.18. The van der Waals surface area contributed by atoms with E-state index in [-0.39, 0.29) is 0 Å². The Bertz CT molecular complexity index is 544. The van der Waals surface area contributed by atoms with Crippen LogP contribution in [-0.4, -0.2) is 7.05 Å². The van der Waals surface area contributed by atoms with Crippen LogP contribution in [0.4, 0.5) is 0 Å². The van der Waals surface area contributed by atoms with E-state index in [1.807, 2.05) is 22.7 Å². The summed E-state index contributed by atoms with van der Waals surface area (Å²) in [7, 11) is 2.07. The average Bonchev–Trinajstić information content (AvgIpc) is 2.95. The summed E-state index contributed by atoms with van der Waals surface area (Å²) in [6.45, 7) is 4.43. The molecule has 2 aromatic rings. The molecule has 1 N–H and O–H groups in total. The predicted molar refractivity (Wildman–Crippen MR) is 81.0 cm³/mol. The number of fused-ring (bicyclic) bond motifs is 1. The molecule has 0 fully saturated rings. The van der Waals surface area contributed by atoms with E-state index in [9.17, 15) is 0 Å². The number of hydrogen-bond donors (Lipinski definition) is 1. The molecule has 0 amide bonds. The Morgan fingerprint density at radius 1 is 1.17 bits per heavy atom. The van der Waals surface area contributed by atoms with Gasteiger partial charge in [-0.15, -0.1) is 22.7 Å². The van der Waals surface area contributed by atoms with E-state index in [0.717, 1.165) is 0 Å². The highest BCUT2D eigenvalue weighted by Gasteiger charge is 2.22. The van der Waals surface area contributed by atoms with Crippen molar-refractivity contribution in [1.29, 1.82) is 0 Å². The van der Waals surface area contributed by atoms with Crippen LogP contribution < -0.4 is 5.32 Å². The first-order chi connectivity index (χ1) is 8.69. The van der Waals surface area contributed by atoms with Crippen LogP contribution in [0.15, 0.2) is 12.1 Å². The quantitative estimate of drug-likeness (QED) is 0.885. The Morgan fingerprint density at radius 3 is 2.61 bits per heavy atom. The van der Waals surface area contributed by atoms with E-state index >= 15 is 0 Å². The van der Waals surface area contributed by atoms with Crippen molar-refractivity contribution < 1.29 is 0 Å². The van der Waals surface area contributed by atoms with Crippen LogP contribution in [0.5, 0.6) is 0 Å². The number of thiophene rings is 2. The SMILES string of the molecule is CNC(c1cc2c(s1)CCC2)c1cc(C)sc1C. The third-order valence-corrected chi connectivity index (χ3v) is 6.01. The molecule has 0 saturated heterocycles. The van der Waals surface area contributed by atoms with Gasteiger partial charge >= 0.3 is 0 Å². The predicted octanol–water partition coefficient (Wildman–Crippen LogP) is 4.22. The molecule has 1 nitrogen and oxygen atoms in total. The van der Waals surface area contributed by atoms with Crippen LogP contribution in [0.25, 0.3) is 0 Å². The fourth-order valence-electron chi connectivity index (χ4n) is 2.88. The summed E-state index contributed by atoms with van der Waals surface area (Å²) < 4.78 is 0. The minimum absolute atomic E-state index is 0.380. The van der Waals surface area contributed by atoms with Crippen LogP contribution >= 0.6 is 22.7 Å². The molecule has 1 aliphatic rings. The summed E-state index contributed by atoms with van der Waals surface area (Å²) in [4.78, 5) is 5.96. The van der Waals surface area contributed by atoms with Gasteiger partial charge in [-0.3, -0.25) is 0 Å². The number of nitrogens with one attached hydrogen (secondary N) is 1. The lowest BCUT2D eigenvalue weighted by atomic mass is 10.1. The fraction of sp³-hybridized carbons (Fsp3) is 0.467. The number of aryl methyl sites for hydroxylation is 4. The standard InChI is InChI=1S/C15H19NS2/c1-9-7-12(10(2)17-9)15(16-3)14-8-11-5-4-6-13(11)18-14/h7-8,15-16H,4-6H2,1-3H3. The van der Waals surface area contributed by atoms with Gasteiger partial charge in [0.1, 0.15) is 0 Å².